The predicted octanol–water partition coefficient (Wildman–Crippen LogP) is 3.63. The minimum absolute atomic E-state index is 0.400. The van der Waals surface area contributed by atoms with Crippen molar-refractivity contribution in [2.75, 3.05) is 19.6 Å². The first-order chi connectivity index (χ1) is 8.58. The van der Waals surface area contributed by atoms with Crippen molar-refractivity contribution in [2.45, 2.75) is 32.8 Å². The highest BCUT2D eigenvalue weighted by molar-refractivity contribution is 6.35. The standard InChI is InChI=1S/C14H21Cl2NO/c1-3-17(4-2)9-8-11(18)10-12-13(15)6-5-7-14(12)16/h5-7,11,18H,3-4,8-10H2,1-2H3. The topological polar surface area (TPSA) is 23.5 Å². The largest absolute Gasteiger partial charge is 0.393 e. The van der Waals surface area contributed by atoms with E-state index in [4.69, 9.17) is 23.2 Å². The summed E-state index contributed by atoms with van der Waals surface area (Å²) in [7, 11) is 0. The second-order valence-electron chi connectivity index (χ2n) is 4.37. The fourth-order valence-electron chi connectivity index (χ4n) is 1.94. The molecule has 4 heteroatoms. The molecule has 1 unspecified atom stereocenters. The van der Waals surface area contributed by atoms with Crippen molar-refractivity contribution in [1.82, 2.24) is 4.90 Å². The normalized spacial score (nSPS) is 13.0. The quantitative estimate of drug-likeness (QED) is 0.829. The van der Waals surface area contributed by atoms with E-state index in [0.717, 1.165) is 31.6 Å². The second kappa shape index (κ2) is 8.00. The molecule has 18 heavy (non-hydrogen) atoms. The van der Waals surface area contributed by atoms with E-state index in [2.05, 4.69) is 18.7 Å². The van der Waals surface area contributed by atoms with E-state index in [1.165, 1.54) is 0 Å². The molecule has 0 aromatic heterocycles. The lowest BCUT2D eigenvalue weighted by molar-refractivity contribution is 0.144. The lowest BCUT2D eigenvalue weighted by Crippen LogP contribution is -2.27. The molecule has 2 nitrogen and oxygen atoms in total. The second-order valence-corrected chi connectivity index (χ2v) is 5.19. The zero-order chi connectivity index (χ0) is 13.5. The monoisotopic (exact) mass is 289 g/mol. The molecule has 1 rings (SSSR count). The van der Waals surface area contributed by atoms with E-state index >= 15 is 0 Å². The molecule has 1 aromatic rings. The van der Waals surface area contributed by atoms with Crippen LogP contribution >= 0.6 is 23.2 Å². The molecule has 1 aromatic carbocycles. The lowest BCUT2D eigenvalue weighted by atomic mass is 10.1. The van der Waals surface area contributed by atoms with Gasteiger partial charge < -0.3 is 10.0 Å². The maximum absolute atomic E-state index is 10.0. The first-order valence-electron chi connectivity index (χ1n) is 6.41. The number of aliphatic hydroxyl groups excluding tert-OH is 1. The van der Waals surface area contributed by atoms with Gasteiger partial charge in [-0.15, -0.1) is 0 Å². The molecule has 0 saturated heterocycles. The SMILES string of the molecule is CCN(CC)CCC(O)Cc1c(Cl)cccc1Cl. The van der Waals surface area contributed by atoms with Crippen molar-refractivity contribution < 1.29 is 5.11 Å². The molecule has 0 heterocycles. The summed E-state index contributed by atoms with van der Waals surface area (Å²) < 4.78 is 0. The van der Waals surface area contributed by atoms with Crippen molar-refractivity contribution in [3.05, 3.63) is 33.8 Å². The number of halogens is 2. The molecule has 0 bridgehead atoms. The molecule has 1 N–H and O–H groups in total. The van der Waals surface area contributed by atoms with Gasteiger partial charge in [-0.05, 0) is 37.2 Å². The van der Waals surface area contributed by atoms with E-state index in [-0.39, 0.29) is 0 Å². The van der Waals surface area contributed by atoms with Gasteiger partial charge in [0.15, 0.2) is 0 Å². The molecule has 0 aliphatic carbocycles. The molecule has 1 atom stereocenters. The van der Waals surface area contributed by atoms with E-state index in [0.29, 0.717) is 16.5 Å². The molecule has 0 spiro atoms. The Kier molecular flexibility index (Phi) is 7.02. The van der Waals surface area contributed by atoms with Crippen LogP contribution in [0.3, 0.4) is 0 Å². The van der Waals surface area contributed by atoms with Crippen molar-refractivity contribution in [3.8, 4) is 0 Å². The number of rotatable bonds is 7. The van der Waals surface area contributed by atoms with E-state index in [1.54, 1.807) is 12.1 Å². The van der Waals surface area contributed by atoms with Crippen LogP contribution in [0, 0.1) is 0 Å². The molecule has 0 radical (unpaired) electrons. The van der Waals surface area contributed by atoms with Gasteiger partial charge >= 0.3 is 0 Å². The summed E-state index contributed by atoms with van der Waals surface area (Å²) in [6.07, 6.45) is 0.853. The maximum atomic E-state index is 10.0. The maximum Gasteiger partial charge on any atom is 0.0593 e. The summed E-state index contributed by atoms with van der Waals surface area (Å²) in [4.78, 5) is 2.29. The minimum atomic E-state index is -0.400. The molecule has 0 aliphatic rings. The molecule has 0 aliphatic heterocycles. The third-order valence-electron chi connectivity index (χ3n) is 3.17. The van der Waals surface area contributed by atoms with Crippen molar-refractivity contribution in [1.29, 1.82) is 0 Å². The van der Waals surface area contributed by atoms with Crippen LogP contribution in [0.2, 0.25) is 10.0 Å². The first kappa shape index (κ1) is 15.8. The van der Waals surface area contributed by atoms with Gasteiger partial charge in [0.25, 0.3) is 0 Å². The lowest BCUT2D eigenvalue weighted by Gasteiger charge is -2.20. The van der Waals surface area contributed by atoms with Gasteiger partial charge in [0.05, 0.1) is 6.10 Å². The number of nitrogens with zero attached hydrogens (tertiary/aromatic N) is 1. The average Bonchev–Trinajstić information content (AvgIpc) is 2.35. The van der Waals surface area contributed by atoms with Crippen molar-refractivity contribution in [2.24, 2.45) is 0 Å². The Balaban J connectivity index is 2.52. The molecular weight excluding hydrogens is 269 g/mol. The van der Waals surface area contributed by atoms with E-state index in [9.17, 15) is 5.11 Å². The van der Waals surface area contributed by atoms with E-state index in [1.807, 2.05) is 6.07 Å². The summed E-state index contributed by atoms with van der Waals surface area (Å²) in [6, 6.07) is 5.43. The molecule has 0 saturated carbocycles. The summed E-state index contributed by atoms with van der Waals surface area (Å²) in [5, 5.41) is 11.3. The Morgan fingerprint density at radius 2 is 1.72 bits per heavy atom. The van der Waals surface area contributed by atoms with Crippen LogP contribution in [0.4, 0.5) is 0 Å². The van der Waals surface area contributed by atoms with Crippen LogP contribution in [0.5, 0.6) is 0 Å². The number of hydrogen-bond acceptors (Lipinski definition) is 2. The number of benzene rings is 1. The van der Waals surface area contributed by atoms with Gasteiger partial charge in [0, 0.05) is 23.0 Å². The summed E-state index contributed by atoms with van der Waals surface area (Å²) in [6.45, 7) is 7.17. The van der Waals surface area contributed by atoms with Crippen molar-refractivity contribution >= 4 is 23.2 Å². The highest BCUT2D eigenvalue weighted by Crippen LogP contribution is 2.25. The third-order valence-corrected chi connectivity index (χ3v) is 3.88. The Morgan fingerprint density at radius 3 is 2.22 bits per heavy atom. The van der Waals surface area contributed by atoms with Gasteiger partial charge in [-0.25, -0.2) is 0 Å². The van der Waals surface area contributed by atoms with Gasteiger partial charge in [-0.3, -0.25) is 0 Å². The fraction of sp³-hybridized carbons (Fsp3) is 0.571. The van der Waals surface area contributed by atoms with Crippen LogP contribution < -0.4 is 0 Å². The highest BCUT2D eigenvalue weighted by Gasteiger charge is 2.12. The summed E-state index contributed by atoms with van der Waals surface area (Å²) >= 11 is 12.2. The first-order valence-corrected chi connectivity index (χ1v) is 7.17. The average molecular weight is 290 g/mol. The zero-order valence-electron chi connectivity index (χ0n) is 11.0. The molecule has 0 amide bonds. The van der Waals surface area contributed by atoms with Gasteiger partial charge in [-0.1, -0.05) is 43.1 Å². The van der Waals surface area contributed by atoms with Crippen LogP contribution in [0.1, 0.15) is 25.8 Å². The minimum Gasteiger partial charge on any atom is -0.393 e. The Morgan fingerprint density at radius 1 is 1.17 bits per heavy atom. The summed E-state index contributed by atoms with van der Waals surface area (Å²) in [5.74, 6) is 0. The fourth-order valence-corrected chi connectivity index (χ4v) is 2.49. The smallest absolute Gasteiger partial charge is 0.0593 e. The highest BCUT2D eigenvalue weighted by atomic mass is 35.5. The Labute approximate surface area is 120 Å². The van der Waals surface area contributed by atoms with Gasteiger partial charge in [0.2, 0.25) is 0 Å². The van der Waals surface area contributed by atoms with Crippen LogP contribution in [-0.4, -0.2) is 35.7 Å². The molecule has 0 fully saturated rings. The Hall–Kier alpha value is -0.280. The van der Waals surface area contributed by atoms with Gasteiger partial charge in [0.1, 0.15) is 0 Å². The molecule has 102 valence electrons. The van der Waals surface area contributed by atoms with Crippen molar-refractivity contribution in [3.63, 3.8) is 0 Å². The van der Waals surface area contributed by atoms with Gasteiger partial charge in [-0.2, -0.15) is 0 Å². The molecular formula is C14H21Cl2NO. The van der Waals surface area contributed by atoms with Crippen LogP contribution in [0.25, 0.3) is 0 Å². The van der Waals surface area contributed by atoms with E-state index < -0.39 is 6.10 Å². The Bertz CT molecular complexity index is 347. The number of aliphatic hydroxyl groups is 1. The predicted molar refractivity (Wildman–Crippen MR) is 78.6 cm³/mol. The summed E-state index contributed by atoms with van der Waals surface area (Å²) in [5.41, 5.74) is 0.841. The van der Waals surface area contributed by atoms with Crippen LogP contribution in [0.15, 0.2) is 18.2 Å². The number of hydrogen-bond donors (Lipinski definition) is 1. The zero-order valence-corrected chi connectivity index (χ0v) is 12.5. The van der Waals surface area contributed by atoms with Crippen LogP contribution in [-0.2, 0) is 6.42 Å². The third kappa shape index (κ3) is 4.77.